The van der Waals surface area contributed by atoms with E-state index in [-0.39, 0.29) is 11.5 Å². The number of likely N-dealkylation sites (tertiary alicyclic amines) is 1. The van der Waals surface area contributed by atoms with E-state index in [0.717, 1.165) is 49.0 Å². The number of nitrogen functional groups attached to an aromatic ring is 1. The third kappa shape index (κ3) is 3.86. The summed E-state index contributed by atoms with van der Waals surface area (Å²) in [5.41, 5.74) is 7.41. The Morgan fingerprint density at radius 2 is 2.14 bits per heavy atom. The van der Waals surface area contributed by atoms with Crippen LogP contribution in [0.4, 0.5) is 5.82 Å². The van der Waals surface area contributed by atoms with Crippen molar-refractivity contribution in [3.05, 3.63) is 10.4 Å². The Morgan fingerprint density at radius 1 is 1.39 bits per heavy atom. The maximum Gasteiger partial charge on any atom is 0.233 e. The highest BCUT2D eigenvalue weighted by Gasteiger charge is 2.33. The van der Waals surface area contributed by atoms with Crippen LogP contribution < -0.4 is 5.73 Å². The summed E-state index contributed by atoms with van der Waals surface area (Å²) in [5, 5.41) is 1.56. The second-order valence-corrected chi connectivity index (χ2v) is 10.2. The summed E-state index contributed by atoms with van der Waals surface area (Å²) in [4.78, 5) is 25.8. The average Bonchev–Trinajstić information content (AvgIpc) is 3.04. The Bertz CT molecular complexity index is 892. The van der Waals surface area contributed by atoms with Gasteiger partial charge in [-0.25, -0.2) is 9.97 Å². The van der Waals surface area contributed by atoms with E-state index in [2.05, 4.69) is 25.8 Å². The van der Waals surface area contributed by atoms with Crippen molar-refractivity contribution >= 4 is 45.0 Å². The van der Waals surface area contributed by atoms with Gasteiger partial charge in [0, 0.05) is 24.4 Å². The van der Waals surface area contributed by atoms with E-state index in [1.807, 2.05) is 4.90 Å². The van der Waals surface area contributed by atoms with Crippen LogP contribution in [0.3, 0.4) is 0 Å². The molecule has 28 heavy (non-hydrogen) atoms. The van der Waals surface area contributed by atoms with Crippen LogP contribution in [-0.2, 0) is 22.6 Å². The molecule has 2 N–H and O–H groups in total. The van der Waals surface area contributed by atoms with Gasteiger partial charge >= 0.3 is 0 Å². The summed E-state index contributed by atoms with van der Waals surface area (Å²) in [7, 11) is 0. The van der Waals surface area contributed by atoms with Crippen LogP contribution in [0, 0.1) is 5.92 Å². The first-order valence-corrected chi connectivity index (χ1v) is 11.8. The molecule has 0 bridgehead atoms. The van der Waals surface area contributed by atoms with Gasteiger partial charge in [0.2, 0.25) is 5.91 Å². The van der Waals surface area contributed by atoms with Crippen molar-refractivity contribution in [2.24, 2.45) is 5.92 Å². The maximum absolute atomic E-state index is 12.5. The van der Waals surface area contributed by atoms with E-state index in [1.165, 1.54) is 22.2 Å². The van der Waals surface area contributed by atoms with Gasteiger partial charge in [0.1, 0.15) is 10.6 Å². The van der Waals surface area contributed by atoms with Gasteiger partial charge in [-0.15, -0.1) is 11.3 Å². The molecule has 4 rings (SSSR count). The van der Waals surface area contributed by atoms with Gasteiger partial charge in [-0.3, -0.25) is 4.79 Å². The lowest BCUT2D eigenvalue weighted by Crippen LogP contribution is -2.38. The molecule has 1 amide bonds. The predicted molar refractivity (Wildman–Crippen MR) is 115 cm³/mol. The van der Waals surface area contributed by atoms with E-state index < -0.39 is 0 Å². The van der Waals surface area contributed by atoms with Gasteiger partial charge in [-0.1, -0.05) is 25.6 Å². The number of thiophene rings is 1. The Labute approximate surface area is 174 Å². The summed E-state index contributed by atoms with van der Waals surface area (Å²) < 4.78 is 6.06. The highest BCUT2D eigenvalue weighted by molar-refractivity contribution is 7.99. The smallest absolute Gasteiger partial charge is 0.233 e. The lowest BCUT2D eigenvalue weighted by Gasteiger charge is -2.33. The Morgan fingerprint density at radius 3 is 2.86 bits per heavy atom. The molecule has 152 valence electrons. The van der Waals surface area contributed by atoms with Crippen LogP contribution in [0.25, 0.3) is 10.2 Å². The topological polar surface area (TPSA) is 81.3 Å². The number of ether oxygens (including phenoxy) is 1. The molecule has 1 unspecified atom stereocenters. The molecule has 6 nitrogen and oxygen atoms in total. The largest absolute Gasteiger partial charge is 0.383 e. The lowest BCUT2D eigenvalue weighted by atomic mass is 9.90. The number of carbonyl (C=O) groups is 1. The number of fused-ring (bicyclic) bond motifs is 3. The number of anilines is 1. The van der Waals surface area contributed by atoms with Crippen molar-refractivity contribution in [3.63, 3.8) is 0 Å². The first-order chi connectivity index (χ1) is 13.4. The molecule has 4 heterocycles. The summed E-state index contributed by atoms with van der Waals surface area (Å²) in [6, 6.07) is 0. The average molecular weight is 421 g/mol. The van der Waals surface area contributed by atoms with E-state index in [9.17, 15) is 4.79 Å². The van der Waals surface area contributed by atoms with Crippen molar-refractivity contribution in [2.75, 3.05) is 24.6 Å². The number of aromatic nitrogens is 2. The molecule has 1 atom stereocenters. The molecule has 0 aliphatic carbocycles. The van der Waals surface area contributed by atoms with Crippen LogP contribution in [0.15, 0.2) is 5.16 Å². The molecule has 2 aliphatic rings. The van der Waals surface area contributed by atoms with Crippen LogP contribution in [0.1, 0.15) is 50.5 Å². The summed E-state index contributed by atoms with van der Waals surface area (Å²) in [5.74, 6) is 1.76. The number of hydrogen-bond donors (Lipinski definition) is 1. The lowest BCUT2D eigenvalue weighted by molar-refractivity contribution is -0.129. The standard InChI is InChI=1S/C20H28N4O2S2/c1-4-20(3)9-13-14(10-26-20)28-18-16(13)17(21)22-19(23-18)27-11-15(25)24-7-5-12(2)6-8-24/h12H,4-11H2,1-3H3,(H2,21,22,23). The fraction of sp³-hybridized carbons (Fsp3) is 0.650. The van der Waals surface area contributed by atoms with Crippen LogP contribution in [0.2, 0.25) is 0 Å². The number of piperidine rings is 1. The molecule has 8 heteroatoms. The van der Waals surface area contributed by atoms with Gasteiger partial charge in [-0.05, 0) is 37.7 Å². The molecule has 1 fully saturated rings. The van der Waals surface area contributed by atoms with E-state index in [0.29, 0.717) is 29.3 Å². The van der Waals surface area contributed by atoms with Crippen LogP contribution in [-0.4, -0.2) is 45.2 Å². The number of rotatable bonds is 4. The van der Waals surface area contributed by atoms with E-state index >= 15 is 0 Å². The van der Waals surface area contributed by atoms with Crippen molar-refractivity contribution in [1.29, 1.82) is 0 Å². The van der Waals surface area contributed by atoms with Crippen LogP contribution in [0.5, 0.6) is 0 Å². The maximum atomic E-state index is 12.5. The molecule has 0 radical (unpaired) electrons. The number of nitrogens with zero attached hydrogens (tertiary/aromatic N) is 3. The van der Waals surface area contributed by atoms with Gasteiger partial charge in [0.25, 0.3) is 0 Å². The van der Waals surface area contributed by atoms with Gasteiger partial charge < -0.3 is 15.4 Å². The molecule has 2 aliphatic heterocycles. The zero-order valence-electron chi connectivity index (χ0n) is 16.8. The fourth-order valence-corrected chi connectivity index (χ4v) is 5.77. The second kappa shape index (κ2) is 7.80. The minimum absolute atomic E-state index is 0.154. The minimum Gasteiger partial charge on any atom is -0.383 e. The Balaban J connectivity index is 1.50. The van der Waals surface area contributed by atoms with E-state index in [1.54, 1.807) is 11.3 Å². The van der Waals surface area contributed by atoms with Gasteiger partial charge in [-0.2, -0.15) is 0 Å². The zero-order chi connectivity index (χ0) is 19.9. The minimum atomic E-state index is -0.154. The van der Waals surface area contributed by atoms with Crippen molar-refractivity contribution in [2.45, 2.75) is 63.8 Å². The summed E-state index contributed by atoms with van der Waals surface area (Å²) in [6.45, 7) is 8.86. The molecular weight excluding hydrogens is 392 g/mol. The third-order valence-corrected chi connectivity index (χ3v) is 7.98. The molecule has 0 saturated carbocycles. The van der Waals surface area contributed by atoms with Crippen molar-refractivity contribution in [1.82, 2.24) is 14.9 Å². The number of carbonyl (C=O) groups excluding carboxylic acids is 1. The summed E-state index contributed by atoms with van der Waals surface area (Å²) in [6.07, 6.45) is 3.97. The molecule has 0 aromatic carbocycles. The number of nitrogens with two attached hydrogens (primary N) is 1. The number of hydrogen-bond acceptors (Lipinski definition) is 7. The normalized spacial score (nSPS) is 23.2. The van der Waals surface area contributed by atoms with Crippen molar-refractivity contribution < 1.29 is 9.53 Å². The van der Waals surface area contributed by atoms with Crippen LogP contribution >= 0.6 is 23.1 Å². The monoisotopic (exact) mass is 420 g/mol. The van der Waals surface area contributed by atoms with E-state index in [4.69, 9.17) is 15.5 Å². The van der Waals surface area contributed by atoms with Gasteiger partial charge in [0.05, 0.1) is 23.3 Å². The molecular formula is C20H28N4O2S2. The quantitative estimate of drug-likeness (QED) is 0.597. The molecule has 2 aromatic heterocycles. The Kier molecular flexibility index (Phi) is 5.55. The zero-order valence-corrected chi connectivity index (χ0v) is 18.4. The molecule has 0 spiro atoms. The fourth-order valence-electron chi connectivity index (χ4n) is 3.85. The first kappa shape index (κ1) is 19.9. The van der Waals surface area contributed by atoms with Gasteiger partial charge in [0.15, 0.2) is 5.16 Å². The number of amides is 1. The molecule has 1 saturated heterocycles. The second-order valence-electron chi connectivity index (χ2n) is 8.20. The first-order valence-electron chi connectivity index (χ1n) is 10.0. The third-order valence-electron chi connectivity index (χ3n) is 6.05. The van der Waals surface area contributed by atoms with Crippen molar-refractivity contribution in [3.8, 4) is 0 Å². The Hall–Kier alpha value is -1.38. The number of thioether (sulfide) groups is 1. The summed E-state index contributed by atoms with van der Waals surface area (Å²) >= 11 is 3.02. The molecule has 2 aromatic rings. The highest BCUT2D eigenvalue weighted by Crippen LogP contribution is 2.41. The SMILES string of the molecule is CCC1(C)Cc2c(sc3nc(SCC(=O)N4CCC(C)CC4)nc(N)c23)CO1. The predicted octanol–water partition coefficient (Wildman–Crippen LogP) is 3.87. The highest BCUT2D eigenvalue weighted by atomic mass is 32.2.